The Balaban J connectivity index is 1.78. The first kappa shape index (κ1) is 17.0. The second-order valence-corrected chi connectivity index (χ2v) is 9.25. The first-order chi connectivity index (χ1) is 12.3. The molecule has 7 heteroatoms. The molecule has 0 spiro atoms. The molecule has 26 heavy (non-hydrogen) atoms. The van der Waals surface area contributed by atoms with Crippen molar-refractivity contribution >= 4 is 33.1 Å². The van der Waals surface area contributed by atoms with Gasteiger partial charge in [0.1, 0.15) is 0 Å². The lowest BCUT2D eigenvalue weighted by molar-refractivity contribution is -0.112. The average Bonchev–Trinajstić information content (AvgIpc) is 3.18. The van der Waals surface area contributed by atoms with Gasteiger partial charge in [-0.1, -0.05) is 18.2 Å². The Morgan fingerprint density at radius 3 is 2.65 bits per heavy atom. The molecule has 0 bridgehead atoms. The van der Waals surface area contributed by atoms with Crippen LogP contribution in [0.15, 0.2) is 24.3 Å². The number of hydrogen-bond donors (Lipinski definition) is 0. The fraction of sp³-hybridized carbons (Fsp3) is 0.368. The Labute approximate surface area is 153 Å². The summed E-state index contributed by atoms with van der Waals surface area (Å²) in [5.41, 5.74) is 5.05. The zero-order chi connectivity index (χ0) is 18.6. The van der Waals surface area contributed by atoms with Gasteiger partial charge in [-0.3, -0.25) is 9.48 Å². The van der Waals surface area contributed by atoms with Crippen LogP contribution in [0.2, 0.25) is 0 Å². The molecule has 2 aromatic rings. The van der Waals surface area contributed by atoms with Crippen LogP contribution in [0.3, 0.4) is 0 Å². The molecule has 0 N–H and O–H groups in total. The van der Waals surface area contributed by atoms with E-state index in [1.54, 1.807) is 11.9 Å². The third-order valence-corrected chi connectivity index (χ3v) is 7.06. The molecule has 1 atom stereocenters. The van der Waals surface area contributed by atoms with Gasteiger partial charge in [0.15, 0.2) is 9.84 Å². The molecular formula is C19H21N3O3S. The predicted octanol–water partition coefficient (Wildman–Crippen LogP) is 2.38. The summed E-state index contributed by atoms with van der Waals surface area (Å²) in [5.74, 6) is 0.305. The zero-order valence-corrected chi connectivity index (χ0v) is 15.9. The molecule has 0 radical (unpaired) electrons. The zero-order valence-electron chi connectivity index (χ0n) is 15.1. The smallest absolute Gasteiger partial charge is 0.258 e. The molecule has 3 heterocycles. The number of para-hydroxylation sites is 1. The topological polar surface area (TPSA) is 72.3 Å². The Bertz CT molecular complexity index is 1050. The number of carbonyl (C=O) groups is 1. The highest BCUT2D eigenvalue weighted by Gasteiger charge is 2.33. The highest BCUT2D eigenvalue weighted by atomic mass is 32.2. The van der Waals surface area contributed by atoms with E-state index in [1.807, 2.05) is 48.9 Å². The molecule has 1 aromatic heterocycles. The number of amides is 1. The van der Waals surface area contributed by atoms with Crippen molar-refractivity contribution in [2.45, 2.75) is 26.3 Å². The standard InChI is InChI=1S/C19H21N3O3S/c1-12-16(13(2)22(20-12)14-8-9-26(24,25)11-14)10-17-15-6-4-5-7-18(15)21(3)19(17)23/h4-7,10,14H,8-9,11H2,1-3H3. The molecule has 1 amide bonds. The van der Waals surface area contributed by atoms with Gasteiger partial charge in [0.2, 0.25) is 0 Å². The van der Waals surface area contributed by atoms with Gasteiger partial charge in [0, 0.05) is 29.4 Å². The normalized spacial score (nSPS) is 23.0. The first-order valence-electron chi connectivity index (χ1n) is 8.64. The van der Waals surface area contributed by atoms with Crippen molar-refractivity contribution in [2.24, 2.45) is 0 Å². The number of likely N-dealkylation sites (N-methyl/N-ethyl adjacent to an activating group) is 1. The van der Waals surface area contributed by atoms with Crippen LogP contribution in [0.25, 0.3) is 11.6 Å². The molecule has 6 nitrogen and oxygen atoms in total. The van der Waals surface area contributed by atoms with Gasteiger partial charge in [-0.2, -0.15) is 5.10 Å². The van der Waals surface area contributed by atoms with Gasteiger partial charge < -0.3 is 4.90 Å². The second-order valence-electron chi connectivity index (χ2n) is 7.03. The van der Waals surface area contributed by atoms with Crippen molar-refractivity contribution in [3.05, 3.63) is 46.8 Å². The Hall–Kier alpha value is -2.41. The summed E-state index contributed by atoms with van der Waals surface area (Å²) in [5, 5.41) is 4.58. The summed E-state index contributed by atoms with van der Waals surface area (Å²) < 4.78 is 25.4. The lowest BCUT2D eigenvalue weighted by atomic mass is 10.0. The molecule has 136 valence electrons. The van der Waals surface area contributed by atoms with Gasteiger partial charge in [0.25, 0.3) is 5.91 Å². The molecule has 1 fully saturated rings. The lowest BCUT2D eigenvalue weighted by Crippen LogP contribution is -2.20. The van der Waals surface area contributed by atoms with Crippen molar-refractivity contribution in [3.8, 4) is 0 Å². The molecule has 0 aliphatic carbocycles. The summed E-state index contributed by atoms with van der Waals surface area (Å²) in [6, 6.07) is 7.59. The summed E-state index contributed by atoms with van der Waals surface area (Å²) in [6.45, 7) is 3.83. The predicted molar refractivity (Wildman–Crippen MR) is 102 cm³/mol. The van der Waals surface area contributed by atoms with E-state index >= 15 is 0 Å². The Kier molecular flexibility index (Phi) is 3.80. The van der Waals surface area contributed by atoms with Crippen molar-refractivity contribution in [1.82, 2.24) is 9.78 Å². The van der Waals surface area contributed by atoms with Crippen LogP contribution in [0.4, 0.5) is 5.69 Å². The van der Waals surface area contributed by atoms with Crippen LogP contribution < -0.4 is 4.90 Å². The van der Waals surface area contributed by atoms with E-state index in [0.29, 0.717) is 12.0 Å². The van der Waals surface area contributed by atoms with Crippen LogP contribution in [-0.2, 0) is 14.6 Å². The van der Waals surface area contributed by atoms with Crippen molar-refractivity contribution in [2.75, 3.05) is 23.5 Å². The van der Waals surface area contributed by atoms with E-state index < -0.39 is 9.84 Å². The third-order valence-electron chi connectivity index (χ3n) is 5.31. The van der Waals surface area contributed by atoms with Gasteiger partial charge >= 0.3 is 0 Å². The Morgan fingerprint density at radius 1 is 1.23 bits per heavy atom. The molecular weight excluding hydrogens is 350 g/mol. The van der Waals surface area contributed by atoms with Gasteiger partial charge in [-0.25, -0.2) is 8.42 Å². The number of carbonyl (C=O) groups excluding carboxylic acids is 1. The van der Waals surface area contributed by atoms with Crippen LogP contribution in [0.1, 0.15) is 35.0 Å². The van der Waals surface area contributed by atoms with E-state index in [2.05, 4.69) is 5.10 Å². The molecule has 2 aliphatic rings. The minimum atomic E-state index is -2.98. The van der Waals surface area contributed by atoms with Gasteiger partial charge in [-0.05, 0) is 32.4 Å². The first-order valence-corrected chi connectivity index (χ1v) is 10.5. The molecule has 1 saturated heterocycles. The number of aryl methyl sites for hydroxylation is 1. The number of fused-ring (bicyclic) bond motifs is 1. The number of rotatable bonds is 2. The number of sulfone groups is 1. The molecule has 4 rings (SSSR count). The summed E-state index contributed by atoms with van der Waals surface area (Å²) >= 11 is 0. The third kappa shape index (κ3) is 2.58. The van der Waals surface area contributed by atoms with Crippen molar-refractivity contribution < 1.29 is 13.2 Å². The maximum absolute atomic E-state index is 12.7. The van der Waals surface area contributed by atoms with Crippen LogP contribution >= 0.6 is 0 Å². The maximum atomic E-state index is 12.7. The highest BCUT2D eigenvalue weighted by molar-refractivity contribution is 7.91. The fourth-order valence-electron chi connectivity index (χ4n) is 3.89. The quantitative estimate of drug-likeness (QED) is 0.760. The van der Waals surface area contributed by atoms with Crippen LogP contribution in [0.5, 0.6) is 0 Å². The van der Waals surface area contributed by atoms with Crippen LogP contribution in [0, 0.1) is 13.8 Å². The summed E-state index contributed by atoms with van der Waals surface area (Å²) in [7, 11) is -1.21. The van der Waals surface area contributed by atoms with E-state index in [9.17, 15) is 13.2 Å². The maximum Gasteiger partial charge on any atom is 0.258 e. The average molecular weight is 371 g/mol. The fourth-order valence-corrected chi connectivity index (χ4v) is 5.58. The lowest BCUT2D eigenvalue weighted by Gasteiger charge is -2.11. The minimum absolute atomic E-state index is 0.0406. The minimum Gasteiger partial charge on any atom is -0.311 e. The van der Waals surface area contributed by atoms with Gasteiger partial charge in [0.05, 0.1) is 28.9 Å². The van der Waals surface area contributed by atoms with E-state index in [4.69, 9.17) is 0 Å². The van der Waals surface area contributed by atoms with Crippen molar-refractivity contribution in [3.63, 3.8) is 0 Å². The molecule has 0 saturated carbocycles. The van der Waals surface area contributed by atoms with Crippen LogP contribution in [-0.4, -0.2) is 42.7 Å². The number of aromatic nitrogens is 2. The van der Waals surface area contributed by atoms with E-state index in [-0.39, 0.29) is 23.5 Å². The Morgan fingerprint density at radius 2 is 1.96 bits per heavy atom. The van der Waals surface area contributed by atoms with Crippen molar-refractivity contribution in [1.29, 1.82) is 0 Å². The number of anilines is 1. The summed E-state index contributed by atoms with van der Waals surface area (Å²) in [4.78, 5) is 14.3. The SMILES string of the molecule is Cc1nn(C2CCS(=O)(=O)C2)c(C)c1C=C1C(=O)N(C)c2ccccc21. The number of hydrogen-bond acceptors (Lipinski definition) is 4. The highest BCUT2D eigenvalue weighted by Crippen LogP contribution is 2.37. The largest absolute Gasteiger partial charge is 0.311 e. The number of benzene rings is 1. The monoisotopic (exact) mass is 371 g/mol. The van der Waals surface area contributed by atoms with E-state index in [1.165, 1.54) is 0 Å². The second kappa shape index (κ2) is 5.81. The summed E-state index contributed by atoms with van der Waals surface area (Å²) in [6.07, 6.45) is 2.48. The number of nitrogens with zero attached hydrogens (tertiary/aromatic N) is 3. The molecule has 1 aromatic carbocycles. The molecule has 2 aliphatic heterocycles. The molecule has 1 unspecified atom stereocenters. The van der Waals surface area contributed by atoms with E-state index in [0.717, 1.165) is 28.2 Å². The van der Waals surface area contributed by atoms with Gasteiger partial charge in [-0.15, -0.1) is 0 Å².